The molecule has 1 aromatic carbocycles. The Hall–Kier alpha value is -1.95. The number of nitrogens with one attached hydrogen (secondary N) is 1. The number of thiazole rings is 1. The van der Waals surface area contributed by atoms with Gasteiger partial charge < -0.3 is 10.4 Å². The summed E-state index contributed by atoms with van der Waals surface area (Å²) in [4.78, 5) is 27.1. The van der Waals surface area contributed by atoms with Crippen LogP contribution in [0.5, 0.6) is 0 Å². The van der Waals surface area contributed by atoms with E-state index in [1.807, 2.05) is 24.3 Å². The lowest BCUT2D eigenvalue weighted by Crippen LogP contribution is -2.34. The second kappa shape index (κ2) is 6.00. The van der Waals surface area contributed by atoms with Gasteiger partial charge in [-0.1, -0.05) is 26.0 Å². The van der Waals surface area contributed by atoms with Gasteiger partial charge in [0.1, 0.15) is 5.01 Å². The van der Waals surface area contributed by atoms with E-state index in [0.29, 0.717) is 6.54 Å². The number of rotatable bonds is 5. The number of para-hydroxylation sites is 1. The number of fused-ring (bicyclic) bond motifs is 1. The molecule has 2 N–H and O–H groups in total. The van der Waals surface area contributed by atoms with Crippen LogP contribution in [0, 0.1) is 11.8 Å². The molecule has 2 atom stereocenters. The molecule has 0 saturated carbocycles. The molecule has 0 aliphatic carbocycles. The lowest BCUT2D eigenvalue weighted by Gasteiger charge is -2.15. The summed E-state index contributed by atoms with van der Waals surface area (Å²) in [6, 6.07) is 7.76. The molecule has 0 saturated heterocycles. The molecular formula is C14H16N2O3S. The first-order chi connectivity index (χ1) is 9.49. The highest BCUT2D eigenvalue weighted by molar-refractivity contribution is 7.18. The number of carbonyl (C=O) groups is 2. The molecule has 0 radical (unpaired) electrons. The van der Waals surface area contributed by atoms with Gasteiger partial charge in [-0.05, 0) is 12.1 Å². The van der Waals surface area contributed by atoms with Gasteiger partial charge in [0.2, 0.25) is 5.91 Å². The molecule has 5 nitrogen and oxygen atoms in total. The predicted molar refractivity (Wildman–Crippen MR) is 77.4 cm³/mol. The maximum Gasteiger partial charge on any atom is 0.307 e. The Morgan fingerprint density at radius 1 is 1.30 bits per heavy atom. The SMILES string of the molecule is CC(C(=O)O)C(C)C(=O)NCc1nc2ccccc2s1. The summed E-state index contributed by atoms with van der Waals surface area (Å²) in [5.74, 6) is -2.50. The van der Waals surface area contributed by atoms with Gasteiger partial charge in [-0.25, -0.2) is 4.98 Å². The zero-order chi connectivity index (χ0) is 14.7. The van der Waals surface area contributed by atoms with E-state index in [1.54, 1.807) is 6.92 Å². The minimum absolute atomic E-state index is 0.265. The molecular weight excluding hydrogens is 276 g/mol. The van der Waals surface area contributed by atoms with Crippen molar-refractivity contribution in [1.29, 1.82) is 0 Å². The smallest absolute Gasteiger partial charge is 0.307 e. The number of carboxylic acids is 1. The fourth-order valence-electron chi connectivity index (χ4n) is 1.76. The van der Waals surface area contributed by atoms with Crippen molar-refractivity contribution < 1.29 is 14.7 Å². The molecule has 0 aliphatic heterocycles. The summed E-state index contributed by atoms with van der Waals surface area (Å²) in [6.07, 6.45) is 0. The van der Waals surface area contributed by atoms with Gasteiger partial charge >= 0.3 is 5.97 Å². The summed E-state index contributed by atoms with van der Waals surface area (Å²) < 4.78 is 1.07. The number of nitrogens with zero attached hydrogens (tertiary/aromatic N) is 1. The molecule has 1 aromatic heterocycles. The van der Waals surface area contributed by atoms with Crippen molar-refractivity contribution in [2.45, 2.75) is 20.4 Å². The summed E-state index contributed by atoms with van der Waals surface area (Å²) in [5.41, 5.74) is 0.911. The van der Waals surface area contributed by atoms with Crippen LogP contribution in [0.1, 0.15) is 18.9 Å². The molecule has 1 heterocycles. The number of hydrogen-bond donors (Lipinski definition) is 2. The third kappa shape index (κ3) is 3.14. The lowest BCUT2D eigenvalue weighted by molar-refractivity contribution is -0.146. The lowest BCUT2D eigenvalue weighted by atomic mass is 9.95. The summed E-state index contributed by atoms with van der Waals surface area (Å²) >= 11 is 1.52. The van der Waals surface area contributed by atoms with Crippen LogP contribution in [-0.4, -0.2) is 22.0 Å². The highest BCUT2D eigenvalue weighted by Crippen LogP contribution is 2.21. The molecule has 0 bridgehead atoms. The van der Waals surface area contributed by atoms with Crippen molar-refractivity contribution in [1.82, 2.24) is 10.3 Å². The zero-order valence-electron chi connectivity index (χ0n) is 11.3. The highest BCUT2D eigenvalue weighted by Gasteiger charge is 2.25. The van der Waals surface area contributed by atoms with Crippen molar-refractivity contribution in [3.05, 3.63) is 29.3 Å². The van der Waals surface area contributed by atoms with Crippen LogP contribution in [0.3, 0.4) is 0 Å². The van der Waals surface area contributed by atoms with E-state index in [-0.39, 0.29) is 5.91 Å². The van der Waals surface area contributed by atoms with Gasteiger partial charge in [-0.3, -0.25) is 9.59 Å². The van der Waals surface area contributed by atoms with E-state index in [9.17, 15) is 9.59 Å². The highest BCUT2D eigenvalue weighted by atomic mass is 32.1. The molecule has 2 unspecified atom stereocenters. The largest absolute Gasteiger partial charge is 0.481 e. The van der Waals surface area contributed by atoms with Crippen LogP contribution in [0.25, 0.3) is 10.2 Å². The molecule has 1 amide bonds. The molecule has 20 heavy (non-hydrogen) atoms. The monoisotopic (exact) mass is 292 g/mol. The molecule has 106 valence electrons. The Morgan fingerprint density at radius 3 is 2.65 bits per heavy atom. The van der Waals surface area contributed by atoms with E-state index in [2.05, 4.69) is 10.3 Å². The number of benzene rings is 1. The number of carbonyl (C=O) groups excluding carboxylic acids is 1. The number of aliphatic carboxylic acids is 1. The number of hydrogen-bond acceptors (Lipinski definition) is 4. The van der Waals surface area contributed by atoms with E-state index in [0.717, 1.165) is 15.2 Å². The van der Waals surface area contributed by atoms with E-state index in [1.165, 1.54) is 18.3 Å². The van der Waals surface area contributed by atoms with Crippen molar-refractivity contribution in [2.24, 2.45) is 11.8 Å². The number of carboxylic acid groups (broad SMARTS) is 1. The van der Waals surface area contributed by atoms with Crippen LogP contribution in [0.4, 0.5) is 0 Å². The Labute approximate surface area is 120 Å². The molecule has 0 aliphatic rings. The van der Waals surface area contributed by atoms with E-state index >= 15 is 0 Å². The van der Waals surface area contributed by atoms with E-state index in [4.69, 9.17) is 5.11 Å². The number of amides is 1. The molecule has 0 fully saturated rings. The van der Waals surface area contributed by atoms with Crippen molar-refractivity contribution in [2.75, 3.05) is 0 Å². The van der Waals surface area contributed by atoms with Crippen LogP contribution in [0.15, 0.2) is 24.3 Å². The maximum atomic E-state index is 11.9. The summed E-state index contributed by atoms with van der Waals surface area (Å²) in [6.45, 7) is 3.48. The quantitative estimate of drug-likeness (QED) is 0.886. The Bertz CT molecular complexity index is 605. The van der Waals surface area contributed by atoms with Gasteiger partial charge in [0, 0.05) is 5.92 Å². The fourth-order valence-corrected chi connectivity index (χ4v) is 2.67. The van der Waals surface area contributed by atoms with Crippen molar-refractivity contribution >= 4 is 33.4 Å². The molecule has 0 spiro atoms. The third-order valence-corrected chi connectivity index (χ3v) is 4.34. The van der Waals surface area contributed by atoms with Gasteiger partial charge in [0.15, 0.2) is 0 Å². The van der Waals surface area contributed by atoms with Gasteiger partial charge in [-0.15, -0.1) is 11.3 Å². The second-order valence-electron chi connectivity index (χ2n) is 4.71. The van der Waals surface area contributed by atoms with Crippen LogP contribution < -0.4 is 5.32 Å². The van der Waals surface area contributed by atoms with Gasteiger partial charge in [0.25, 0.3) is 0 Å². The predicted octanol–water partition coefficient (Wildman–Crippen LogP) is 2.27. The van der Waals surface area contributed by atoms with Crippen molar-refractivity contribution in [3.63, 3.8) is 0 Å². The molecule has 6 heteroatoms. The van der Waals surface area contributed by atoms with Crippen LogP contribution in [0.2, 0.25) is 0 Å². The van der Waals surface area contributed by atoms with Gasteiger partial charge in [0.05, 0.1) is 22.7 Å². The summed E-state index contributed by atoms with van der Waals surface area (Å²) in [7, 11) is 0. The van der Waals surface area contributed by atoms with Crippen LogP contribution in [-0.2, 0) is 16.1 Å². The first kappa shape index (κ1) is 14.5. The molecule has 2 rings (SSSR count). The summed E-state index contributed by atoms with van der Waals surface area (Å²) in [5, 5.41) is 12.4. The van der Waals surface area contributed by atoms with E-state index < -0.39 is 17.8 Å². The Kier molecular flexibility index (Phi) is 4.34. The Morgan fingerprint density at radius 2 is 2.00 bits per heavy atom. The number of aromatic nitrogens is 1. The Balaban J connectivity index is 1.97. The first-order valence-electron chi connectivity index (χ1n) is 6.34. The van der Waals surface area contributed by atoms with Crippen molar-refractivity contribution in [3.8, 4) is 0 Å². The topological polar surface area (TPSA) is 79.3 Å². The maximum absolute atomic E-state index is 11.9. The average molecular weight is 292 g/mol. The average Bonchev–Trinajstić information content (AvgIpc) is 2.85. The van der Waals surface area contributed by atoms with Crippen LogP contribution >= 0.6 is 11.3 Å². The molecule has 2 aromatic rings. The van der Waals surface area contributed by atoms with Gasteiger partial charge in [-0.2, -0.15) is 0 Å². The minimum Gasteiger partial charge on any atom is -0.481 e. The first-order valence-corrected chi connectivity index (χ1v) is 7.15. The normalized spacial score (nSPS) is 13.9. The second-order valence-corrected chi connectivity index (χ2v) is 5.82. The zero-order valence-corrected chi connectivity index (χ0v) is 12.1. The fraction of sp³-hybridized carbons (Fsp3) is 0.357. The minimum atomic E-state index is -0.965. The standard InChI is InChI=1S/C14H16N2O3S/c1-8(9(2)14(18)19)13(17)15-7-12-16-10-5-3-4-6-11(10)20-12/h3-6,8-9H,7H2,1-2H3,(H,15,17)(H,18,19). The third-order valence-electron chi connectivity index (χ3n) is 3.31.